The van der Waals surface area contributed by atoms with E-state index in [1.165, 1.54) is 6.92 Å². The molecule has 5 heterocycles. The minimum atomic E-state index is -4.53. The molecule has 3 aliphatic rings. The van der Waals surface area contributed by atoms with Crippen molar-refractivity contribution in [2.75, 3.05) is 19.7 Å². The Kier molecular flexibility index (Phi) is 5.74. The molecule has 0 bridgehead atoms. The zero-order valence-electron chi connectivity index (χ0n) is 20.0. The maximum Gasteiger partial charge on any atom is 0.435 e. The summed E-state index contributed by atoms with van der Waals surface area (Å²) >= 11 is 1.58. The average molecular weight is 532 g/mol. The Balaban J connectivity index is 1.06. The number of alkyl halides is 3. The van der Waals surface area contributed by atoms with Crippen LogP contribution in [-0.4, -0.2) is 51.0 Å². The van der Waals surface area contributed by atoms with Crippen LogP contribution in [0.25, 0.3) is 0 Å². The standard InChI is InChI=1S/C25H24F3N5O3S/c1-15-10-21(25(26,27)28)30-33(15)12-22(34)32-8-6-16(7-9-32)23-29-19(13-37-23)18-11-24(36-31-18)14-35-20-5-3-2-4-17(20)24/h2-5,10,13,16H,6-9,11-12,14H2,1H3/t24-/m0/s1. The number of hydrogen-bond donors (Lipinski definition) is 0. The van der Waals surface area contributed by atoms with E-state index < -0.39 is 17.5 Å². The van der Waals surface area contributed by atoms with E-state index >= 15 is 0 Å². The lowest BCUT2D eigenvalue weighted by molar-refractivity contribution is -0.142. The molecule has 12 heteroatoms. The van der Waals surface area contributed by atoms with Gasteiger partial charge in [0.15, 0.2) is 5.69 Å². The van der Waals surface area contributed by atoms with Crippen LogP contribution in [0.3, 0.4) is 0 Å². The summed E-state index contributed by atoms with van der Waals surface area (Å²) in [5.41, 5.74) is 1.32. The largest absolute Gasteiger partial charge is 0.488 e. The van der Waals surface area contributed by atoms with Crippen LogP contribution in [0.2, 0.25) is 0 Å². The number of amides is 1. The van der Waals surface area contributed by atoms with Gasteiger partial charge in [0.25, 0.3) is 0 Å². The zero-order valence-corrected chi connectivity index (χ0v) is 20.8. The molecular weight excluding hydrogens is 507 g/mol. The van der Waals surface area contributed by atoms with Gasteiger partial charge >= 0.3 is 6.18 Å². The molecule has 6 rings (SSSR count). The van der Waals surface area contributed by atoms with Crippen LogP contribution in [-0.2, 0) is 28.0 Å². The van der Waals surface area contributed by atoms with Crippen molar-refractivity contribution in [1.29, 1.82) is 0 Å². The average Bonchev–Trinajstić information content (AvgIpc) is 3.67. The highest BCUT2D eigenvalue weighted by Gasteiger charge is 2.48. The van der Waals surface area contributed by atoms with Gasteiger partial charge in [0.1, 0.15) is 24.6 Å². The van der Waals surface area contributed by atoms with Crippen molar-refractivity contribution >= 4 is 23.0 Å². The molecule has 194 valence electrons. The van der Waals surface area contributed by atoms with Crippen molar-refractivity contribution in [3.05, 3.63) is 63.4 Å². The van der Waals surface area contributed by atoms with Gasteiger partial charge in [-0.15, -0.1) is 11.3 Å². The fourth-order valence-electron chi connectivity index (χ4n) is 5.10. The predicted molar refractivity (Wildman–Crippen MR) is 128 cm³/mol. The molecule has 0 radical (unpaired) electrons. The second-order valence-corrected chi connectivity index (χ2v) is 10.5. The van der Waals surface area contributed by atoms with Gasteiger partial charge in [-0.2, -0.15) is 18.3 Å². The molecule has 0 saturated carbocycles. The van der Waals surface area contributed by atoms with Gasteiger partial charge in [-0.05, 0) is 31.9 Å². The van der Waals surface area contributed by atoms with E-state index in [4.69, 9.17) is 14.6 Å². The van der Waals surface area contributed by atoms with Crippen LogP contribution >= 0.6 is 11.3 Å². The summed E-state index contributed by atoms with van der Waals surface area (Å²) in [4.78, 5) is 25.2. The first-order valence-corrected chi connectivity index (χ1v) is 12.9. The lowest BCUT2D eigenvalue weighted by Gasteiger charge is -2.31. The monoisotopic (exact) mass is 531 g/mol. The molecule has 1 fully saturated rings. The lowest BCUT2D eigenvalue weighted by atomic mass is 9.90. The summed E-state index contributed by atoms with van der Waals surface area (Å²) in [5, 5.41) is 10.9. The molecule has 1 saturated heterocycles. The van der Waals surface area contributed by atoms with E-state index in [9.17, 15) is 18.0 Å². The number of para-hydroxylation sites is 1. The molecule has 1 spiro atoms. The fourth-order valence-corrected chi connectivity index (χ4v) is 6.10. The summed E-state index contributed by atoms with van der Waals surface area (Å²) in [6.45, 7) is 2.76. The topological polar surface area (TPSA) is 81.8 Å². The Hall–Kier alpha value is -3.41. The summed E-state index contributed by atoms with van der Waals surface area (Å²) in [6, 6.07) is 8.79. The minimum Gasteiger partial charge on any atom is -0.488 e. The van der Waals surface area contributed by atoms with Crippen molar-refractivity contribution in [3.63, 3.8) is 0 Å². The van der Waals surface area contributed by atoms with Gasteiger partial charge in [0.05, 0.1) is 10.7 Å². The molecule has 8 nitrogen and oxygen atoms in total. The Bertz CT molecular complexity index is 1380. The molecule has 2 aromatic heterocycles. The number of halogens is 3. The number of carbonyl (C=O) groups excluding carboxylic acids is 1. The van der Waals surface area contributed by atoms with Crippen molar-refractivity contribution in [3.8, 4) is 5.75 Å². The number of piperidine rings is 1. The number of fused-ring (bicyclic) bond motifs is 2. The van der Waals surface area contributed by atoms with Gasteiger partial charge in [-0.1, -0.05) is 23.4 Å². The highest BCUT2D eigenvalue weighted by Crippen LogP contribution is 2.45. The van der Waals surface area contributed by atoms with Gasteiger partial charge in [0, 0.05) is 42.1 Å². The van der Waals surface area contributed by atoms with E-state index in [1.54, 1.807) is 16.2 Å². The fraction of sp³-hybridized carbons (Fsp3) is 0.440. The summed E-state index contributed by atoms with van der Waals surface area (Å²) in [7, 11) is 0. The second kappa shape index (κ2) is 8.86. The lowest BCUT2D eigenvalue weighted by Crippen LogP contribution is -2.40. The maximum absolute atomic E-state index is 12.9. The second-order valence-electron chi connectivity index (χ2n) is 9.64. The van der Waals surface area contributed by atoms with E-state index in [2.05, 4.69) is 10.3 Å². The number of aryl methyl sites for hydroxylation is 1. The maximum atomic E-state index is 12.9. The predicted octanol–water partition coefficient (Wildman–Crippen LogP) is 4.49. The van der Waals surface area contributed by atoms with Crippen molar-refractivity contribution in [2.45, 2.75) is 50.4 Å². The van der Waals surface area contributed by atoms with Crippen molar-refractivity contribution < 1.29 is 27.5 Å². The van der Waals surface area contributed by atoms with Gasteiger partial charge in [-0.25, -0.2) is 4.98 Å². The van der Waals surface area contributed by atoms with E-state index in [0.29, 0.717) is 31.8 Å². The number of thiazole rings is 1. The van der Waals surface area contributed by atoms with Gasteiger partial charge in [-0.3, -0.25) is 9.48 Å². The van der Waals surface area contributed by atoms with Crippen LogP contribution in [0.15, 0.2) is 40.9 Å². The molecule has 3 aliphatic heterocycles. The third-order valence-corrected chi connectivity index (χ3v) is 8.20. The molecule has 1 atom stereocenters. The Labute approximate surface area is 214 Å². The number of likely N-dealkylation sites (tertiary alicyclic amines) is 1. The SMILES string of the molecule is Cc1cc(C(F)(F)F)nn1CC(=O)N1CCC(c2nc(C3=NO[C@]4(COc5ccccc54)C3)cs2)CC1. The quantitative estimate of drug-likeness (QED) is 0.496. The first-order chi connectivity index (χ1) is 17.7. The molecule has 1 amide bonds. The molecule has 37 heavy (non-hydrogen) atoms. The first kappa shape index (κ1) is 24.0. The van der Waals surface area contributed by atoms with Crippen molar-refractivity contribution in [1.82, 2.24) is 19.7 Å². The Morgan fingerprint density at radius 2 is 2.03 bits per heavy atom. The number of ether oxygens (including phenoxy) is 1. The van der Waals surface area contributed by atoms with Crippen LogP contribution in [0.4, 0.5) is 13.2 Å². The van der Waals surface area contributed by atoms with Crippen LogP contribution in [0, 0.1) is 6.92 Å². The van der Waals surface area contributed by atoms with E-state index in [1.807, 2.05) is 29.6 Å². The van der Waals surface area contributed by atoms with Crippen LogP contribution in [0.5, 0.6) is 5.75 Å². The highest BCUT2D eigenvalue weighted by molar-refractivity contribution is 7.10. The summed E-state index contributed by atoms with van der Waals surface area (Å²) < 4.78 is 45.7. The van der Waals surface area contributed by atoms with Gasteiger partial charge in [0.2, 0.25) is 11.5 Å². The minimum absolute atomic E-state index is 0.206. The third kappa shape index (κ3) is 4.36. The number of carbonyl (C=O) groups is 1. The molecule has 0 aliphatic carbocycles. The van der Waals surface area contributed by atoms with E-state index in [-0.39, 0.29) is 18.4 Å². The van der Waals surface area contributed by atoms with Gasteiger partial charge < -0.3 is 14.5 Å². The number of nitrogens with zero attached hydrogens (tertiary/aromatic N) is 5. The zero-order chi connectivity index (χ0) is 25.8. The number of oxime groups is 1. The van der Waals surface area contributed by atoms with Crippen molar-refractivity contribution in [2.24, 2.45) is 5.16 Å². The molecule has 3 aromatic rings. The number of benzene rings is 1. The number of aromatic nitrogens is 3. The smallest absolute Gasteiger partial charge is 0.435 e. The Morgan fingerprint density at radius 3 is 2.78 bits per heavy atom. The highest BCUT2D eigenvalue weighted by atomic mass is 32.1. The third-order valence-electron chi connectivity index (χ3n) is 7.19. The number of hydrogen-bond acceptors (Lipinski definition) is 7. The van der Waals surface area contributed by atoms with Crippen LogP contribution in [0.1, 0.15) is 52.8 Å². The summed E-state index contributed by atoms with van der Waals surface area (Å²) in [6.07, 6.45) is -2.48. The normalized spacial score (nSPS) is 21.6. The Morgan fingerprint density at radius 1 is 1.24 bits per heavy atom. The molecular formula is C25H24F3N5O3S. The molecule has 1 aromatic carbocycles. The number of rotatable bonds is 4. The first-order valence-electron chi connectivity index (χ1n) is 12.0. The summed E-state index contributed by atoms with van der Waals surface area (Å²) in [5.74, 6) is 0.793. The van der Waals surface area contributed by atoms with E-state index in [0.717, 1.165) is 51.3 Å². The molecule has 0 unspecified atom stereocenters. The van der Waals surface area contributed by atoms with Crippen LogP contribution < -0.4 is 4.74 Å². The molecule has 0 N–H and O–H groups in total.